The van der Waals surface area contributed by atoms with Crippen LogP contribution in [0.25, 0.3) is 0 Å². The fraction of sp³-hybridized carbons (Fsp3) is 0.684. The highest BCUT2D eigenvalue weighted by atomic mass is 16.5. The summed E-state index contributed by atoms with van der Waals surface area (Å²) >= 11 is 0. The van der Waals surface area contributed by atoms with Crippen LogP contribution in [0, 0.1) is 12.8 Å². The van der Waals surface area contributed by atoms with Gasteiger partial charge in [0.2, 0.25) is 0 Å². The summed E-state index contributed by atoms with van der Waals surface area (Å²) in [6.45, 7) is 8.60. The quantitative estimate of drug-likeness (QED) is 0.790. The van der Waals surface area contributed by atoms with Crippen LogP contribution in [0.2, 0.25) is 0 Å². The van der Waals surface area contributed by atoms with Crippen molar-refractivity contribution in [3.63, 3.8) is 0 Å². The summed E-state index contributed by atoms with van der Waals surface area (Å²) in [6, 6.07) is 8.99. The predicted molar refractivity (Wildman–Crippen MR) is 89.6 cm³/mol. The molecule has 118 valence electrons. The number of hydrogen-bond acceptors (Lipinski definition) is 2. The first-order chi connectivity index (χ1) is 10.2. The molecule has 0 amide bonds. The Morgan fingerprint density at radius 1 is 1.19 bits per heavy atom. The second kappa shape index (κ2) is 8.55. The van der Waals surface area contributed by atoms with E-state index in [1.54, 1.807) is 0 Å². The Bertz CT molecular complexity index is 410. The molecule has 0 radical (unpaired) electrons. The van der Waals surface area contributed by atoms with Gasteiger partial charge < -0.3 is 10.1 Å². The van der Waals surface area contributed by atoms with Crippen LogP contribution in [0.5, 0.6) is 0 Å². The zero-order chi connectivity index (χ0) is 15.1. The van der Waals surface area contributed by atoms with E-state index in [0.29, 0.717) is 12.1 Å². The second-order valence-electron chi connectivity index (χ2n) is 6.58. The van der Waals surface area contributed by atoms with Crippen molar-refractivity contribution < 1.29 is 4.74 Å². The van der Waals surface area contributed by atoms with E-state index in [1.165, 1.54) is 36.8 Å². The van der Waals surface area contributed by atoms with E-state index >= 15 is 0 Å². The Hall–Kier alpha value is -0.860. The van der Waals surface area contributed by atoms with Crippen molar-refractivity contribution in [2.75, 3.05) is 13.2 Å². The maximum atomic E-state index is 6.24. The zero-order valence-electron chi connectivity index (χ0n) is 13.9. The second-order valence-corrected chi connectivity index (χ2v) is 6.58. The van der Waals surface area contributed by atoms with Gasteiger partial charge in [0, 0.05) is 0 Å². The topological polar surface area (TPSA) is 21.3 Å². The molecule has 0 aromatic heterocycles. The van der Waals surface area contributed by atoms with Gasteiger partial charge in [-0.2, -0.15) is 0 Å². The molecular formula is C19H31NO. The van der Waals surface area contributed by atoms with Gasteiger partial charge in [0.25, 0.3) is 0 Å². The molecule has 0 bridgehead atoms. The van der Waals surface area contributed by atoms with Gasteiger partial charge in [0.1, 0.15) is 0 Å². The van der Waals surface area contributed by atoms with Crippen LogP contribution in [0.1, 0.15) is 63.1 Å². The highest BCUT2D eigenvalue weighted by molar-refractivity contribution is 5.28. The summed E-state index contributed by atoms with van der Waals surface area (Å²) in [5.41, 5.74) is 2.74. The highest BCUT2D eigenvalue weighted by Gasteiger charge is 2.21. The third-order valence-electron chi connectivity index (χ3n) is 4.67. The lowest BCUT2D eigenvalue weighted by molar-refractivity contribution is 0.00783. The molecule has 1 aliphatic carbocycles. The fourth-order valence-electron chi connectivity index (χ4n) is 3.18. The van der Waals surface area contributed by atoms with Gasteiger partial charge in [-0.3, -0.25) is 0 Å². The van der Waals surface area contributed by atoms with E-state index in [4.69, 9.17) is 4.74 Å². The Morgan fingerprint density at radius 2 is 1.90 bits per heavy atom. The van der Waals surface area contributed by atoms with Crippen molar-refractivity contribution in [1.29, 1.82) is 0 Å². The minimum Gasteiger partial charge on any atom is -0.376 e. The first-order valence-electron chi connectivity index (χ1n) is 8.61. The molecule has 1 aromatic rings. The van der Waals surface area contributed by atoms with Gasteiger partial charge in [0.05, 0.1) is 18.8 Å². The van der Waals surface area contributed by atoms with Crippen molar-refractivity contribution in [2.45, 2.75) is 65.0 Å². The van der Waals surface area contributed by atoms with E-state index in [2.05, 4.69) is 50.4 Å². The summed E-state index contributed by atoms with van der Waals surface area (Å²) in [7, 11) is 0. The standard InChI is InChI=1S/C19H31NO/c1-4-13-20-19(18-8-6-5-7-16(18)3)14-21-17-11-9-15(2)10-12-17/h5-8,15,17,19-20H,4,9-14H2,1-3H3. The summed E-state index contributed by atoms with van der Waals surface area (Å²) < 4.78 is 6.24. The molecule has 1 fully saturated rings. The summed E-state index contributed by atoms with van der Waals surface area (Å²) in [5.74, 6) is 0.884. The molecule has 2 rings (SSSR count). The zero-order valence-corrected chi connectivity index (χ0v) is 13.9. The van der Waals surface area contributed by atoms with Gasteiger partial charge in [-0.25, -0.2) is 0 Å². The summed E-state index contributed by atoms with van der Waals surface area (Å²) in [5, 5.41) is 3.65. The first kappa shape index (κ1) is 16.5. The van der Waals surface area contributed by atoms with Crippen molar-refractivity contribution in [2.24, 2.45) is 5.92 Å². The van der Waals surface area contributed by atoms with Crippen molar-refractivity contribution in [3.8, 4) is 0 Å². The molecule has 1 aromatic carbocycles. The highest BCUT2D eigenvalue weighted by Crippen LogP contribution is 2.27. The Balaban J connectivity index is 1.92. The lowest BCUT2D eigenvalue weighted by atomic mass is 9.89. The Morgan fingerprint density at radius 3 is 2.57 bits per heavy atom. The molecule has 1 N–H and O–H groups in total. The van der Waals surface area contributed by atoms with E-state index in [1.807, 2.05) is 0 Å². The van der Waals surface area contributed by atoms with Gasteiger partial charge in [0.15, 0.2) is 0 Å². The van der Waals surface area contributed by atoms with E-state index < -0.39 is 0 Å². The van der Waals surface area contributed by atoms with E-state index in [-0.39, 0.29) is 0 Å². The number of nitrogens with one attached hydrogen (secondary N) is 1. The first-order valence-corrected chi connectivity index (χ1v) is 8.61. The molecule has 0 spiro atoms. The number of rotatable bonds is 7. The number of benzene rings is 1. The number of aryl methyl sites for hydroxylation is 1. The molecule has 1 aliphatic rings. The molecule has 0 heterocycles. The van der Waals surface area contributed by atoms with Gasteiger partial charge in [-0.1, -0.05) is 38.1 Å². The molecule has 1 atom stereocenters. The molecule has 0 saturated heterocycles. The maximum absolute atomic E-state index is 6.24. The van der Waals surface area contributed by atoms with Crippen LogP contribution in [-0.4, -0.2) is 19.3 Å². The molecule has 0 aliphatic heterocycles. The van der Waals surface area contributed by atoms with Gasteiger partial charge in [-0.15, -0.1) is 0 Å². The minimum absolute atomic E-state index is 0.325. The van der Waals surface area contributed by atoms with Crippen molar-refractivity contribution in [1.82, 2.24) is 5.32 Å². The SMILES string of the molecule is CCCNC(COC1CCC(C)CC1)c1ccccc1C. The van der Waals surface area contributed by atoms with Crippen LogP contribution in [0.4, 0.5) is 0 Å². The average molecular weight is 289 g/mol. The molecular weight excluding hydrogens is 258 g/mol. The molecule has 1 unspecified atom stereocenters. The summed E-state index contributed by atoms with van der Waals surface area (Å²) in [6.07, 6.45) is 6.73. The normalized spacial score (nSPS) is 24.0. The number of ether oxygens (including phenoxy) is 1. The Labute approximate surface area is 130 Å². The van der Waals surface area contributed by atoms with E-state index in [0.717, 1.165) is 25.5 Å². The lowest BCUT2D eigenvalue weighted by Gasteiger charge is -2.29. The fourth-order valence-corrected chi connectivity index (χ4v) is 3.18. The summed E-state index contributed by atoms with van der Waals surface area (Å²) in [4.78, 5) is 0. The van der Waals surface area contributed by atoms with Crippen LogP contribution >= 0.6 is 0 Å². The van der Waals surface area contributed by atoms with Crippen molar-refractivity contribution in [3.05, 3.63) is 35.4 Å². The van der Waals surface area contributed by atoms with Crippen molar-refractivity contribution >= 4 is 0 Å². The smallest absolute Gasteiger partial charge is 0.0665 e. The maximum Gasteiger partial charge on any atom is 0.0665 e. The van der Waals surface area contributed by atoms with Crippen LogP contribution in [0.3, 0.4) is 0 Å². The van der Waals surface area contributed by atoms with Gasteiger partial charge in [-0.05, 0) is 62.6 Å². The minimum atomic E-state index is 0.325. The molecule has 1 saturated carbocycles. The van der Waals surface area contributed by atoms with Crippen LogP contribution < -0.4 is 5.32 Å². The number of hydrogen-bond donors (Lipinski definition) is 1. The third-order valence-corrected chi connectivity index (χ3v) is 4.67. The van der Waals surface area contributed by atoms with E-state index in [9.17, 15) is 0 Å². The average Bonchev–Trinajstić information content (AvgIpc) is 2.50. The predicted octanol–water partition coefficient (Wildman–Crippen LogP) is 4.63. The van der Waals surface area contributed by atoms with Crippen LogP contribution in [-0.2, 0) is 4.74 Å². The molecule has 21 heavy (non-hydrogen) atoms. The molecule has 2 nitrogen and oxygen atoms in total. The monoisotopic (exact) mass is 289 g/mol. The molecule has 2 heteroatoms. The van der Waals surface area contributed by atoms with Crippen LogP contribution in [0.15, 0.2) is 24.3 Å². The Kier molecular flexibility index (Phi) is 6.72. The lowest BCUT2D eigenvalue weighted by Crippen LogP contribution is -2.30. The van der Waals surface area contributed by atoms with Gasteiger partial charge >= 0.3 is 0 Å². The third kappa shape index (κ3) is 5.12. The largest absolute Gasteiger partial charge is 0.376 e.